The molecule has 0 saturated heterocycles. The Labute approximate surface area is 149 Å². The minimum Gasteiger partial charge on any atom is -0.493 e. The number of rotatable bonds is 8. The second-order valence-corrected chi connectivity index (χ2v) is 6.70. The molecule has 0 atom stereocenters. The first-order chi connectivity index (χ1) is 12.2. The average molecular weight is 359 g/mol. The molecule has 0 aliphatic rings. The topological polar surface area (TPSA) is 65.7 Å². The van der Waals surface area contributed by atoms with Gasteiger partial charge in [-0.05, 0) is 30.2 Å². The fourth-order valence-corrected chi connectivity index (χ4v) is 3.41. The summed E-state index contributed by atoms with van der Waals surface area (Å²) in [4.78, 5) is 16.9. The highest BCUT2D eigenvalue weighted by atomic mass is 32.1. The Bertz CT molecular complexity index is 948. The van der Waals surface area contributed by atoms with E-state index in [1.54, 1.807) is 7.11 Å². The lowest BCUT2D eigenvalue weighted by Gasteiger charge is -2.11. The van der Waals surface area contributed by atoms with E-state index in [-0.39, 0.29) is 5.56 Å². The van der Waals surface area contributed by atoms with Gasteiger partial charge in [0.05, 0.1) is 18.2 Å². The zero-order chi connectivity index (χ0) is 17.6. The standard InChI is InChI=1S/C18H21N3O3S/c1-3-4-5-6-9-24-14-8-7-13(10-15(14)23-2)11-16-17(22)21-18(25-16)19-12-20-21/h7-8,10-12H,3-6,9H2,1-2H3/b16-11+. The average Bonchev–Trinajstić information content (AvgIpc) is 3.19. The maximum atomic E-state index is 12.2. The van der Waals surface area contributed by atoms with Crippen LogP contribution in [0.2, 0.25) is 0 Å². The summed E-state index contributed by atoms with van der Waals surface area (Å²) in [5.74, 6) is 1.39. The highest BCUT2D eigenvalue weighted by molar-refractivity contribution is 7.15. The number of ether oxygens (including phenoxy) is 2. The highest BCUT2D eigenvalue weighted by Gasteiger charge is 2.08. The number of nitrogens with zero attached hydrogens (tertiary/aromatic N) is 3. The molecule has 2 aromatic heterocycles. The highest BCUT2D eigenvalue weighted by Crippen LogP contribution is 2.28. The number of fused-ring (bicyclic) bond motifs is 1. The molecule has 0 unspecified atom stereocenters. The van der Waals surface area contributed by atoms with Crippen molar-refractivity contribution < 1.29 is 9.47 Å². The second-order valence-electron chi connectivity index (χ2n) is 5.69. The molecule has 25 heavy (non-hydrogen) atoms. The number of aromatic nitrogens is 3. The molecule has 0 radical (unpaired) electrons. The van der Waals surface area contributed by atoms with Gasteiger partial charge in [0.1, 0.15) is 6.33 Å². The molecule has 0 aliphatic carbocycles. The van der Waals surface area contributed by atoms with Crippen LogP contribution in [0, 0.1) is 0 Å². The maximum Gasteiger partial charge on any atom is 0.291 e. The molecule has 0 fully saturated rings. The number of benzene rings is 1. The molecule has 1 aromatic carbocycles. The molecule has 3 aromatic rings. The van der Waals surface area contributed by atoms with E-state index in [2.05, 4.69) is 17.0 Å². The zero-order valence-electron chi connectivity index (χ0n) is 14.4. The summed E-state index contributed by atoms with van der Waals surface area (Å²) in [6.45, 7) is 2.87. The SMILES string of the molecule is CCCCCCOc1ccc(/C=c2/sc3ncnn3c2=O)cc1OC. The Morgan fingerprint density at radius 3 is 2.88 bits per heavy atom. The van der Waals surface area contributed by atoms with Gasteiger partial charge in [0.15, 0.2) is 11.5 Å². The lowest BCUT2D eigenvalue weighted by molar-refractivity contribution is 0.285. The van der Waals surface area contributed by atoms with E-state index in [1.165, 1.54) is 41.4 Å². The van der Waals surface area contributed by atoms with Crippen molar-refractivity contribution in [3.8, 4) is 11.5 Å². The van der Waals surface area contributed by atoms with Crippen molar-refractivity contribution in [1.82, 2.24) is 14.6 Å². The van der Waals surface area contributed by atoms with Crippen LogP contribution in [0.25, 0.3) is 11.0 Å². The van der Waals surface area contributed by atoms with Crippen molar-refractivity contribution in [3.63, 3.8) is 0 Å². The molecule has 0 saturated carbocycles. The molecular weight excluding hydrogens is 338 g/mol. The summed E-state index contributed by atoms with van der Waals surface area (Å²) in [6, 6.07) is 5.67. The van der Waals surface area contributed by atoms with Gasteiger partial charge in [-0.2, -0.15) is 9.61 Å². The molecule has 132 valence electrons. The zero-order valence-corrected chi connectivity index (χ0v) is 15.2. The Balaban J connectivity index is 1.79. The van der Waals surface area contributed by atoms with E-state index < -0.39 is 0 Å². The largest absolute Gasteiger partial charge is 0.493 e. The molecule has 6 nitrogen and oxygen atoms in total. The van der Waals surface area contributed by atoms with Crippen LogP contribution in [0.15, 0.2) is 29.3 Å². The number of methoxy groups -OCH3 is 1. The third-order valence-electron chi connectivity index (χ3n) is 3.86. The van der Waals surface area contributed by atoms with Crippen LogP contribution in [0.4, 0.5) is 0 Å². The third kappa shape index (κ3) is 3.99. The predicted molar refractivity (Wildman–Crippen MR) is 98.6 cm³/mol. The summed E-state index contributed by atoms with van der Waals surface area (Å²) in [5, 5.41) is 3.92. The molecule has 0 bridgehead atoms. The van der Waals surface area contributed by atoms with Crippen LogP contribution in [0.1, 0.15) is 38.2 Å². The molecule has 0 aliphatic heterocycles. The number of thiazole rings is 1. The van der Waals surface area contributed by atoms with Crippen molar-refractivity contribution in [2.24, 2.45) is 0 Å². The maximum absolute atomic E-state index is 12.2. The van der Waals surface area contributed by atoms with E-state index in [9.17, 15) is 4.79 Å². The van der Waals surface area contributed by atoms with E-state index in [4.69, 9.17) is 9.47 Å². The van der Waals surface area contributed by atoms with Gasteiger partial charge in [0, 0.05) is 0 Å². The Morgan fingerprint density at radius 2 is 2.12 bits per heavy atom. The van der Waals surface area contributed by atoms with Crippen LogP contribution >= 0.6 is 11.3 Å². The molecule has 0 N–H and O–H groups in total. The van der Waals surface area contributed by atoms with Gasteiger partial charge in [0.25, 0.3) is 5.56 Å². The second kappa shape index (κ2) is 8.11. The number of unbranched alkanes of at least 4 members (excludes halogenated alkanes) is 3. The summed E-state index contributed by atoms with van der Waals surface area (Å²) in [6.07, 6.45) is 7.84. The van der Waals surface area contributed by atoms with E-state index in [0.29, 0.717) is 21.8 Å². The van der Waals surface area contributed by atoms with Gasteiger partial charge in [0.2, 0.25) is 4.96 Å². The Morgan fingerprint density at radius 1 is 1.24 bits per heavy atom. The third-order valence-corrected chi connectivity index (χ3v) is 4.84. The first kappa shape index (κ1) is 17.4. The first-order valence-electron chi connectivity index (χ1n) is 8.38. The molecule has 3 rings (SSSR count). The van der Waals surface area contributed by atoms with Crippen LogP contribution in [-0.2, 0) is 0 Å². The smallest absolute Gasteiger partial charge is 0.291 e. The van der Waals surface area contributed by atoms with Crippen molar-refractivity contribution in [1.29, 1.82) is 0 Å². The van der Waals surface area contributed by atoms with Gasteiger partial charge in [-0.3, -0.25) is 4.79 Å². The van der Waals surface area contributed by atoms with Crippen LogP contribution < -0.4 is 19.6 Å². The lowest BCUT2D eigenvalue weighted by Crippen LogP contribution is -2.23. The summed E-state index contributed by atoms with van der Waals surface area (Å²) >= 11 is 1.31. The van der Waals surface area contributed by atoms with Gasteiger partial charge in [-0.1, -0.05) is 43.6 Å². The fraction of sp³-hybridized carbons (Fsp3) is 0.389. The minimum atomic E-state index is -0.160. The summed E-state index contributed by atoms with van der Waals surface area (Å²) < 4.78 is 13.1. The first-order valence-corrected chi connectivity index (χ1v) is 9.19. The van der Waals surface area contributed by atoms with Gasteiger partial charge < -0.3 is 9.47 Å². The van der Waals surface area contributed by atoms with Gasteiger partial charge in [-0.25, -0.2) is 4.98 Å². The minimum absolute atomic E-state index is 0.160. The number of hydrogen-bond acceptors (Lipinski definition) is 6. The van der Waals surface area contributed by atoms with Crippen molar-refractivity contribution in [2.45, 2.75) is 32.6 Å². The molecule has 0 spiro atoms. The van der Waals surface area contributed by atoms with Gasteiger partial charge >= 0.3 is 0 Å². The summed E-state index contributed by atoms with van der Waals surface area (Å²) in [7, 11) is 1.62. The fourth-order valence-electron chi connectivity index (χ4n) is 2.53. The van der Waals surface area contributed by atoms with Gasteiger partial charge in [-0.15, -0.1) is 0 Å². The number of hydrogen-bond donors (Lipinski definition) is 0. The molecule has 7 heteroatoms. The van der Waals surface area contributed by atoms with Crippen LogP contribution in [-0.4, -0.2) is 28.3 Å². The van der Waals surface area contributed by atoms with E-state index in [0.717, 1.165) is 17.7 Å². The molecule has 0 amide bonds. The normalized spacial score (nSPS) is 12.0. The quantitative estimate of drug-likeness (QED) is 0.579. The summed E-state index contributed by atoms with van der Waals surface area (Å²) in [5.41, 5.74) is 0.713. The van der Waals surface area contributed by atoms with Crippen molar-refractivity contribution >= 4 is 22.4 Å². The van der Waals surface area contributed by atoms with Crippen LogP contribution in [0.5, 0.6) is 11.5 Å². The lowest BCUT2D eigenvalue weighted by atomic mass is 10.2. The van der Waals surface area contributed by atoms with Crippen molar-refractivity contribution in [2.75, 3.05) is 13.7 Å². The molecule has 2 heterocycles. The van der Waals surface area contributed by atoms with Crippen LogP contribution in [0.3, 0.4) is 0 Å². The van der Waals surface area contributed by atoms with Crippen molar-refractivity contribution in [3.05, 3.63) is 45.0 Å². The molecular formula is C18H21N3O3S. The monoisotopic (exact) mass is 359 g/mol. The Hall–Kier alpha value is -2.41. The Kier molecular flexibility index (Phi) is 5.65. The van der Waals surface area contributed by atoms with E-state index in [1.807, 2.05) is 24.3 Å². The van der Waals surface area contributed by atoms with E-state index >= 15 is 0 Å². The predicted octanol–water partition coefficient (Wildman–Crippen LogP) is 2.67.